The first kappa shape index (κ1) is 12.1. The summed E-state index contributed by atoms with van der Waals surface area (Å²) in [5.41, 5.74) is 1.44. The van der Waals surface area contributed by atoms with Crippen molar-refractivity contribution in [3.05, 3.63) is 21.9 Å². The fraction of sp³-hybridized carbons (Fsp3) is 0.714. The van der Waals surface area contributed by atoms with Crippen LogP contribution in [0, 0.1) is 12.8 Å². The quantitative estimate of drug-likeness (QED) is 0.831. The molecule has 1 aliphatic carbocycles. The van der Waals surface area contributed by atoms with Crippen LogP contribution in [-0.4, -0.2) is 6.04 Å². The van der Waals surface area contributed by atoms with Crippen molar-refractivity contribution in [3.8, 4) is 0 Å². The van der Waals surface area contributed by atoms with Gasteiger partial charge in [-0.1, -0.05) is 19.3 Å². The zero-order valence-electron chi connectivity index (χ0n) is 10.5. The van der Waals surface area contributed by atoms with E-state index in [1.54, 1.807) is 0 Å². The SMILES string of the molecule is Cc1ccsc1CN[C@@H](C)C1CCCCC1. The molecular formula is C14H23NS. The molecule has 0 saturated heterocycles. The molecule has 0 radical (unpaired) electrons. The van der Waals surface area contributed by atoms with Crippen LogP contribution in [0.1, 0.15) is 49.5 Å². The summed E-state index contributed by atoms with van der Waals surface area (Å²) < 4.78 is 0. The van der Waals surface area contributed by atoms with E-state index in [0.717, 1.165) is 12.5 Å². The average Bonchev–Trinajstić information content (AvgIpc) is 2.73. The third-order valence-corrected chi connectivity index (χ3v) is 4.93. The summed E-state index contributed by atoms with van der Waals surface area (Å²) in [7, 11) is 0. The van der Waals surface area contributed by atoms with Crippen LogP contribution in [0.3, 0.4) is 0 Å². The molecule has 0 spiro atoms. The Balaban J connectivity index is 1.78. The highest BCUT2D eigenvalue weighted by Crippen LogP contribution is 2.26. The molecule has 1 aromatic heterocycles. The molecule has 16 heavy (non-hydrogen) atoms. The van der Waals surface area contributed by atoms with Crippen LogP contribution in [0.4, 0.5) is 0 Å². The van der Waals surface area contributed by atoms with E-state index in [0.29, 0.717) is 6.04 Å². The lowest BCUT2D eigenvalue weighted by Crippen LogP contribution is -2.34. The summed E-state index contributed by atoms with van der Waals surface area (Å²) in [6, 6.07) is 2.90. The fourth-order valence-corrected chi connectivity index (χ4v) is 3.50. The molecule has 1 saturated carbocycles. The van der Waals surface area contributed by atoms with Gasteiger partial charge in [-0.3, -0.25) is 0 Å². The minimum atomic E-state index is 0.682. The summed E-state index contributed by atoms with van der Waals surface area (Å²) >= 11 is 1.88. The molecule has 2 heteroatoms. The van der Waals surface area contributed by atoms with E-state index in [1.165, 1.54) is 42.5 Å². The van der Waals surface area contributed by atoms with E-state index in [9.17, 15) is 0 Å². The molecule has 1 aliphatic rings. The van der Waals surface area contributed by atoms with Crippen molar-refractivity contribution in [3.63, 3.8) is 0 Å². The Morgan fingerprint density at radius 1 is 1.38 bits per heavy atom. The van der Waals surface area contributed by atoms with E-state index in [-0.39, 0.29) is 0 Å². The first-order valence-electron chi connectivity index (χ1n) is 6.53. The number of aryl methyl sites for hydroxylation is 1. The summed E-state index contributed by atoms with van der Waals surface area (Å²) in [5, 5.41) is 5.90. The van der Waals surface area contributed by atoms with E-state index < -0.39 is 0 Å². The molecule has 0 aromatic carbocycles. The van der Waals surface area contributed by atoms with Gasteiger partial charge >= 0.3 is 0 Å². The van der Waals surface area contributed by atoms with Crippen LogP contribution in [0.25, 0.3) is 0 Å². The molecule has 1 N–H and O–H groups in total. The Bertz CT molecular complexity index is 312. The number of hydrogen-bond donors (Lipinski definition) is 1. The van der Waals surface area contributed by atoms with Crippen molar-refractivity contribution in [2.45, 2.75) is 58.5 Å². The molecule has 0 aliphatic heterocycles. The molecule has 0 unspecified atom stereocenters. The predicted octanol–water partition coefficient (Wildman–Crippen LogP) is 4.11. The van der Waals surface area contributed by atoms with Crippen LogP contribution < -0.4 is 5.32 Å². The first-order valence-corrected chi connectivity index (χ1v) is 7.41. The Hall–Kier alpha value is -0.340. The van der Waals surface area contributed by atoms with Crippen LogP contribution in [0.2, 0.25) is 0 Å². The monoisotopic (exact) mass is 237 g/mol. The molecule has 1 atom stereocenters. The fourth-order valence-electron chi connectivity index (χ4n) is 2.64. The van der Waals surface area contributed by atoms with E-state index >= 15 is 0 Å². The lowest BCUT2D eigenvalue weighted by Gasteiger charge is -2.28. The second kappa shape index (κ2) is 5.83. The van der Waals surface area contributed by atoms with Crippen LogP contribution in [0.15, 0.2) is 11.4 Å². The van der Waals surface area contributed by atoms with E-state index in [1.807, 2.05) is 11.3 Å². The maximum Gasteiger partial charge on any atom is 0.0304 e. The average molecular weight is 237 g/mol. The molecular weight excluding hydrogens is 214 g/mol. The Labute approximate surface area is 103 Å². The molecule has 1 aromatic rings. The highest BCUT2D eigenvalue weighted by molar-refractivity contribution is 7.10. The zero-order chi connectivity index (χ0) is 11.4. The minimum Gasteiger partial charge on any atom is -0.309 e. The maximum absolute atomic E-state index is 3.71. The van der Waals surface area contributed by atoms with Gasteiger partial charge < -0.3 is 5.32 Å². The van der Waals surface area contributed by atoms with Gasteiger partial charge in [0.2, 0.25) is 0 Å². The molecule has 90 valence electrons. The van der Waals surface area contributed by atoms with Gasteiger partial charge in [0.15, 0.2) is 0 Å². The first-order chi connectivity index (χ1) is 7.77. The lowest BCUT2D eigenvalue weighted by atomic mass is 9.84. The van der Waals surface area contributed by atoms with Crippen LogP contribution in [0.5, 0.6) is 0 Å². The van der Waals surface area contributed by atoms with Gasteiger partial charge in [0.1, 0.15) is 0 Å². The van der Waals surface area contributed by atoms with Gasteiger partial charge in [0, 0.05) is 17.5 Å². The Morgan fingerprint density at radius 2 is 2.12 bits per heavy atom. The van der Waals surface area contributed by atoms with Gasteiger partial charge in [0.05, 0.1) is 0 Å². The largest absolute Gasteiger partial charge is 0.309 e. The van der Waals surface area contributed by atoms with Crippen molar-refractivity contribution in [1.82, 2.24) is 5.32 Å². The summed E-state index contributed by atoms with van der Waals surface area (Å²) in [6.07, 6.45) is 7.19. The van der Waals surface area contributed by atoms with Gasteiger partial charge in [-0.2, -0.15) is 0 Å². The van der Waals surface area contributed by atoms with Gasteiger partial charge in [0.25, 0.3) is 0 Å². The van der Waals surface area contributed by atoms with Gasteiger partial charge in [-0.25, -0.2) is 0 Å². The van der Waals surface area contributed by atoms with Crippen LogP contribution in [-0.2, 0) is 6.54 Å². The van der Waals surface area contributed by atoms with Crippen molar-refractivity contribution in [2.75, 3.05) is 0 Å². The summed E-state index contributed by atoms with van der Waals surface area (Å²) in [4.78, 5) is 1.50. The topological polar surface area (TPSA) is 12.0 Å². The Kier molecular flexibility index (Phi) is 4.42. The van der Waals surface area contributed by atoms with Crippen molar-refractivity contribution < 1.29 is 0 Å². The van der Waals surface area contributed by atoms with E-state index in [4.69, 9.17) is 0 Å². The third kappa shape index (κ3) is 3.08. The van der Waals surface area contributed by atoms with Crippen molar-refractivity contribution >= 4 is 11.3 Å². The minimum absolute atomic E-state index is 0.682. The van der Waals surface area contributed by atoms with Gasteiger partial charge in [-0.05, 0) is 49.6 Å². The lowest BCUT2D eigenvalue weighted by molar-refractivity contribution is 0.281. The molecule has 1 fully saturated rings. The molecule has 2 rings (SSSR count). The summed E-state index contributed by atoms with van der Waals surface area (Å²) in [6.45, 7) is 5.62. The zero-order valence-corrected chi connectivity index (χ0v) is 11.3. The van der Waals surface area contributed by atoms with E-state index in [2.05, 4.69) is 30.6 Å². The van der Waals surface area contributed by atoms with Gasteiger partial charge in [-0.15, -0.1) is 11.3 Å². The molecule has 0 amide bonds. The molecule has 0 bridgehead atoms. The van der Waals surface area contributed by atoms with Crippen LogP contribution >= 0.6 is 11.3 Å². The highest BCUT2D eigenvalue weighted by Gasteiger charge is 2.19. The van der Waals surface area contributed by atoms with Crippen molar-refractivity contribution in [1.29, 1.82) is 0 Å². The molecule has 1 nitrogen and oxygen atoms in total. The predicted molar refractivity (Wildman–Crippen MR) is 71.9 cm³/mol. The number of nitrogens with one attached hydrogen (secondary N) is 1. The number of rotatable bonds is 4. The maximum atomic E-state index is 3.71. The third-order valence-electron chi connectivity index (χ3n) is 3.91. The van der Waals surface area contributed by atoms with Crippen molar-refractivity contribution in [2.24, 2.45) is 5.92 Å². The second-order valence-electron chi connectivity index (χ2n) is 5.09. The summed E-state index contributed by atoms with van der Waals surface area (Å²) in [5.74, 6) is 0.911. The normalized spacial score (nSPS) is 19.9. The number of hydrogen-bond acceptors (Lipinski definition) is 2. The highest BCUT2D eigenvalue weighted by atomic mass is 32.1. The smallest absolute Gasteiger partial charge is 0.0304 e. The number of thiophene rings is 1. The Morgan fingerprint density at radius 3 is 2.75 bits per heavy atom. The molecule has 1 heterocycles. The standard InChI is InChI=1S/C14H23NS/c1-11-8-9-16-14(11)10-15-12(2)13-6-4-3-5-7-13/h8-9,12-13,15H,3-7,10H2,1-2H3/t12-/m0/s1. The second-order valence-corrected chi connectivity index (χ2v) is 6.10.